The molecule has 5 N–H and O–H groups in total. The normalized spacial score (nSPS) is 13.5. The Bertz CT molecular complexity index is 1810. The van der Waals surface area contributed by atoms with Crippen LogP contribution in [0, 0.1) is 0 Å². The zero-order chi connectivity index (χ0) is 35.1. The number of carboxylic acids is 2. The first-order valence-corrected chi connectivity index (χ1v) is 14.5. The van der Waals surface area contributed by atoms with Gasteiger partial charge in [0, 0.05) is 42.7 Å². The van der Waals surface area contributed by atoms with E-state index >= 15 is 0 Å². The van der Waals surface area contributed by atoms with Crippen LogP contribution in [0.3, 0.4) is 0 Å². The smallest absolute Gasteiger partial charge is 0.478 e. The SMILES string of the molecule is CC(=O)OCOC(=O)Oc1ccc2[nH]c(C(=O)NC[C@H]3c4sc(NC(=O)C(=O)O)c(C(=O)O)c4CCN3C(=O)OCOC(C)=O)cc2c1. The van der Waals surface area contributed by atoms with E-state index in [-0.39, 0.29) is 52.0 Å². The molecule has 1 aliphatic heterocycles. The average molecular weight is 691 g/mol. The summed E-state index contributed by atoms with van der Waals surface area (Å²) >= 11 is 0.712. The van der Waals surface area contributed by atoms with Crippen LogP contribution in [0.5, 0.6) is 5.75 Å². The fraction of sp³-hybridized carbons (Fsp3) is 0.286. The molecule has 1 atom stereocenters. The maximum absolute atomic E-state index is 13.2. The van der Waals surface area contributed by atoms with Gasteiger partial charge in [-0.2, -0.15) is 0 Å². The summed E-state index contributed by atoms with van der Waals surface area (Å²) in [7, 11) is 0. The van der Waals surface area contributed by atoms with Gasteiger partial charge in [0.15, 0.2) is 0 Å². The highest BCUT2D eigenvalue weighted by atomic mass is 32.1. The number of carbonyl (C=O) groups excluding carboxylic acids is 6. The zero-order valence-corrected chi connectivity index (χ0v) is 25.8. The molecule has 3 amide bonds. The van der Waals surface area contributed by atoms with Gasteiger partial charge in [0.1, 0.15) is 16.4 Å². The number of fused-ring (bicyclic) bond motifs is 2. The Balaban J connectivity index is 1.56. The molecule has 0 saturated carbocycles. The van der Waals surface area contributed by atoms with E-state index in [9.17, 15) is 43.5 Å². The lowest BCUT2D eigenvalue weighted by Crippen LogP contribution is -2.45. The number of hydrogen-bond acceptors (Lipinski definition) is 14. The third-order valence-electron chi connectivity index (χ3n) is 6.57. The lowest BCUT2D eigenvalue weighted by molar-refractivity contribution is -0.151. The number of rotatable bonds is 10. The van der Waals surface area contributed by atoms with Crippen molar-refractivity contribution in [2.75, 3.05) is 32.0 Å². The van der Waals surface area contributed by atoms with Crippen LogP contribution < -0.4 is 15.4 Å². The van der Waals surface area contributed by atoms with Crippen molar-refractivity contribution in [1.29, 1.82) is 0 Å². The molecular weight excluding hydrogens is 664 g/mol. The molecule has 0 saturated heterocycles. The highest BCUT2D eigenvalue weighted by Crippen LogP contribution is 2.42. The van der Waals surface area contributed by atoms with Gasteiger partial charge >= 0.3 is 42.0 Å². The maximum atomic E-state index is 13.2. The number of H-pyrrole nitrogens is 1. The van der Waals surface area contributed by atoms with Crippen LogP contribution in [0.1, 0.15) is 51.2 Å². The minimum absolute atomic E-state index is 0.0345. The predicted molar refractivity (Wildman–Crippen MR) is 158 cm³/mol. The van der Waals surface area contributed by atoms with E-state index in [4.69, 9.17) is 14.6 Å². The standard InChI is InChI=1S/C28H26N4O15S/c1-12(33)43-10-45-27(41)32-6-5-16-20(25(37)38)24(31-23(36)26(39)40)48-21(16)19(32)9-29-22(35)18-8-14-7-15(3-4-17(14)30-18)47-28(42)46-11-44-13(2)34/h3-4,7-8,19,30H,5-6,9-11H2,1-2H3,(H,29,35)(H,31,36)(H,37,38)(H,39,40)/t19-/m0/s1. The third kappa shape index (κ3) is 8.34. The summed E-state index contributed by atoms with van der Waals surface area (Å²) in [5.74, 6) is -6.78. The lowest BCUT2D eigenvalue weighted by atomic mass is 9.97. The molecule has 0 unspecified atom stereocenters. The van der Waals surface area contributed by atoms with Crippen molar-refractivity contribution in [3.05, 3.63) is 46.0 Å². The molecule has 0 radical (unpaired) electrons. The van der Waals surface area contributed by atoms with Crippen molar-refractivity contribution in [2.24, 2.45) is 0 Å². The second-order valence-corrected chi connectivity index (χ2v) is 10.8. The fourth-order valence-corrected chi connectivity index (χ4v) is 5.89. The van der Waals surface area contributed by atoms with Crippen LogP contribution in [0.4, 0.5) is 14.6 Å². The number of aromatic nitrogens is 1. The number of carbonyl (C=O) groups is 8. The predicted octanol–water partition coefficient (Wildman–Crippen LogP) is 1.97. The van der Waals surface area contributed by atoms with E-state index in [1.54, 1.807) is 0 Å². The van der Waals surface area contributed by atoms with E-state index in [0.717, 1.165) is 18.7 Å². The highest BCUT2D eigenvalue weighted by Gasteiger charge is 2.38. The Labute approximate surface area is 272 Å². The van der Waals surface area contributed by atoms with Crippen molar-refractivity contribution >= 4 is 75.2 Å². The Morgan fingerprint density at radius 2 is 1.65 bits per heavy atom. The Kier molecular flexibility index (Phi) is 10.8. The molecule has 1 aromatic carbocycles. The minimum Gasteiger partial charge on any atom is -0.478 e. The summed E-state index contributed by atoms with van der Waals surface area (Å²) in [4.78, 5) is 99.4. The highest BCUT2D eigenvalue weighted by molar-refractivity contribution is 7.17. The Hall–Kier alpha value is -6.18. The van der Waals surface area contributed by atoms with Crippen LogP contribution >= 0.6 is 11.3 Å². The molecule has 0 bridgehead atoms. The molecule has 0 fully saturated rings. The van der Waals surface area contributed by atoms with Gasteiger partial charge in [-0.05, 0) is 36.2 Å². The first-order chi connectivity index (χ1) is 22.7. The van der Waals surface area contributed by atoms with Crippen LogP contribution in [-0.4, -0.2) is 94.7 Å². The van der Waals surface area contributed by atoms with E-state index < -0.39 is 67.6 Å². The number of ether oxygens (including phenoxy) is 5. The second kappa shape index (κ2) is 14.9. The number of aromatic carboxylic acids is 1. The van der Waals surface area contributed by atoms with Crippen LogP contribution in [0.15, 0.2) is 24.3 Å². The molecule has 3 aromatic rings. The van der Waals surface area contributed by atoms with E-state index in [2.05, 4.69) is 29.8 Å². The van der Waals surface area contributed by atoms with Crippen molar-refractivity contribution < 1.29 is 72.3 Å². The molecule has 48 heavy (non-hydrogen) atoms. The van der Waals surface area contributed by atoms with Crippen molar-refractivity contribution in [2.45, 2.75) is 26.3 Å². The quantitative estimate of drug-likeness (QED) is 0.0881. The number of aliphatic carboxylic acids is 1. The number of anilines is 1. The Morgan fingerprint density at radius 3 is 2.29 bits per heavy atom. The Morgan fingerprint density at radius 1 is 0.958 bits per heavy atom. The summed E-state index contributed by atoms with van der Waals surface area (Å²) in [6, 6.07) is 4.72. The number of thiophene rings is 1. The summed E-state index contributed by atoms with van der Waals surface area (Å²) in [5.41, 5.74) is 0.366. The van der Waals surface area contributed by atoms with Crippen LogP contribution in [-0.2, 0) is 44.5 Å². The van der Waals surface area contributed by atoms with Gasteiger partial charge in [0.25, 0.3) is 5.91 Å². The van der Waals surface area contributed by atoms with Gasteiger partial charge in [0.05, 0.1) is 11.6 Å². The molecule has 3 heterocycles. The van der Waals surface area contributed by atoms with Crippen molar-refractivity contribution in [1.82, 2.24) is 15.2 Å². The average Bonchev–Trinajstić information content (AvgIpc) is 3.60. The van der Waals surface area contributed by atoms with Crippen LogP contribution in [0.2, 0.25) is 0 Å². The molecule has 2 aromatic heterocycles. The monoisotopic (exact) mass is 690 g/mol. The summed E-state index contributed by atoms with van der Waals surface area (Å²) < 4.78 is 23.8. The topological polar surface area (TPSA) is 266 Å². The molecule has 254 valence electrons. The maximum Gasteiger partial charge on any atom is 0.516 e. The number of amides is 3. The van der Waals surface area contributed by atoms with Gasteiger partial charge in [-0.1, -0.05) is 0 Å². The minimum atomic E-state index is -1.85. The molecule has 0 spiro atoms. The lowest BCUT2D eigenvalue weighted by Gasteiger charge is -2.34. The van der Waals surface area contributed by atoms with Crippen LogP contribution in [0.25, 0.3) is 10.9 Å². The number of carboxylic acid groups (broad SMARTS) is 2. The molecule has 19 nitrogen and oxygen atoms in total. The van der Waals surface area contributed by atoms with E-state index in [1.165, 1.54) is 24.3 Å². The fourth-order valence-electron chi connectivity index (χ4n) is 4.54. The van der Waals surface area contributed by atoms with Gasteiger partial charge in [-0.25, -0.2) is 19.2 Å². The molecule has 20 heteroatoms. The first kappa shape index (κ1) is 34.7. The van der Waals surface area contributed by atoms with Crippen molar-refractivity contribution in [3.63, 3.8) is 0 Å². The largest absolute Gasteiger partial charge is 0.516 e. The number of nitrogens with one attached hydrogen (secondary N) is 3. The van der Waals surface area contributed by atoms with Gasteiger partial charge in [-0.15, -0.1) is 11.3 Å². The van der Waals surface area contributed by atoms with Crippen molar-refractivity contribution in [3.8, 4) is 5.75 Å². The van der Waals surface area contributed by atoms with Gasteiger partial charge in [0.2, 0.25) is 13.6 Å². The number of aromatic amines is 1. The number of benzene rings is 1. The van der Waals surface area contributed by atoms with Gasteiger partial charge in [-0.3, -0.25) is 24.1 Å². The third-order valence-corrected chi connectivity index (χ3v) is 7.82. The zero-order valence-electron chi connectivity index (χ0n) is 25.0. The molecule has 4 rings (SSSR count). The number of hydrogen-bond donors (Lipinski definition) is 5. The first-order valence-electron chi connectivity index (χ1n) is 13.6. The summed E-state index contributed by atoms with van der Waals surface area (Å²) in [6.07, 6.45) is -2.14. The van der Waals surface area contributed by atoms with E-state index in [0.29, 0.717) is 22.2 Å². The second-order valence-electron chi connectivity index (χ2n) is 9.73. The molecule has 0 aliphatic carbocycles. The molecular formula is C28H26N4O15S. The molecule has 1 aliphatic rings. The van der Waals surface area contributed by atoms with Gasteiger partial charge < -0.3 is 49.5 Å². The summed E-state index contributed by atoms with van der Waals surface area (Å²) in [5, 5.41) is 23.8. The number of esters is 2. The summed E-state index contributed by atoms with van der Waals surface area (Å²) in [6.45, 7) is 0.450. The van der Waals surface area contributed by atoms with E-state index in [1.807, 2.05) is 0 Å². The number of nitrogens with zero attached hydrogens (tertiary/aromatic N) is 1.